The van der Waals surface area contributed by atoms with Crippen LogP contribution < -0.4 is 10.0 Å². The zero-order chi connectivity index (χ0) is 15.4. The molecular weight excluding hydrogens is 340 g/mol. The first-order valence-corrected chi connectivity index (χ1v) is 9.02. The molecule has 0 radical (unpaired) electrons. The largest absolute Gasteiger partial charge is 0.313 e. The van der Waals surface area contributed by atoms with Crippen LogP contribution in [0.15, 0.2) is 27.6 Å². The fourth-order valence-electron chi connectivity index (χ4n) is 1.63. The molecule has 0 saturated heterocycles. The second-order valence-corrected chi connectivity index (χ2v) is 7.89. The molecule has 0 aliphatic rings. The molecule has 0 saturated carbocycles. The van der Waals surface area contributed by atoms with Gasteiger partial charge in [-0.15, -0.1) is 0 Å². The summed E-state index contributed by atoms with van der Waals surface area (Å²) in [7, 11) is -3.52. The van der Waals surface area contributed by atoms with Gasteiger partial charge in [0.15, 0.2) is 0 Å². The molecular formula is C14H23BrN2O2S. The third-order valence-electron chi connectivity index (χ3n) is 3.16. The lowest BCUT2D eigenvalue weighted by molar-refractivity contribution is 0.439. The van der Waals surface area contributed by atoms with E-state index in [9.17, 15) is 8.42 Å². The minimum absolute atomic E-state index is 0.277. The van der Waals surface area contributed by atoms with E-state index in [2.05, 4.69) is 26.0 Å². The van der Waals surface area contributed by atoms with Gasteiger partial charge >= 0.3 is 0 Å². The Balaban J connectivity index is 3.02. The number of halogens is 1. The van der Waals surface area contributed by atoms with Gasteiger partial charge in [-0.3, -0.25) is 0 Å². The molecule has 0 bridgehead atoms. The van der Waals surface area contributed by atoms with E-state index in [1.807, 2.05) is 39.8 Å². The Labute approximate surface area is 130 Å². The summed E-state index contributed by atoms with van der Waals surface area (Å²) < 4.78 is 28.1. The molecule has 2 N–H and O–H groups in total. The van der Waals surface area contributed by atoms with Crippen molar-refractivity contribution in [2.24, 2.45) is 0 Å². The molecule has 1 rings (SSSR count). The number of hydrogen-bond acceptors (Lipinski definition) is 3. The van der Waals surface area contributed by atoms with Crippen LogP contribution in [0.4, 0.5) is 0 Å². The topological polar surface area (TPSA) is 58.2 Å². The Morgan fingerprint density at radius 3 is 2.40 bits per heavy atom. The fraction of sp³-hybridized carbons (Fsp3) is 0.571. The van der Waals surface area contributed by atoms with Gasteiger partial charge in [-0.05, 0) is 60.4 Å². The van der Waals surface area contributed by atoms with Crippen molar-refractivity contribution in [1.29, 1.82) is 0 Å². The van der Waals surface area contributed by atoms with Crippen molar-refractivity contribution < 1.29 is 8.42 Å². The lowest BCUT2D eigenvalue weighted by Gasteiger charge is -2.24. The van der Waals surface area contributed by atoms with E-state index in [0.717, 1.165) is 25.1 Å². The molecule has 20 heavy (non-hydrogen) atoms. The normalized spacial score (nSPS) is 12.7. The van der Waals surface area contributed by atoms with Gasteiger partial charge in [0.2, 0.25) is 10.0 Å². The van der Waals surface area contributed by atoms with Gasteiger partial charge in [0.25, 0.3) is 0 Å². The number of rotatable bonds is 7. The first-order chi connectivity index (χ1) is 9.22. The lowest BCUT2D eigenvalue weighted by atomic mass is 10.0. The summed E-state index contributed by atoms with van der Waals surface area (Å²) in [4.78, 5) is 0.277. The standard InChI is InChI=1S/C14H23BrN2O2S/c1-5-14(3,4)17-20(18,19)13-8-7-11(9-12(13)15)10-16-6-2/h7-9,16-17H,5-6,10H2,1-4H3. The van der Waals surface area contributed by atoms with Crippen molar-refractivity contribution in [2.45, 2.75) is 51.1 Å². The van der Waals surface area contributed by atoms with Gasteiger partial charge in [0.05, 0.1) is 4.90 Å². The molecule has 1 aromatic rings. The van der Waals surface area contributed by atoms with Gasteiger partial charge in [0, 0.05) is 16.6 Å². The van der Waals surface area contributed by atoms with Gasteiger partial charge < -0.3 is 5.32 Å². The van der Waals surface area contributed by atoms with Crippen molar-refractivity contribution in [1.82, 2.24) is 10.0 Å². The number of hydrogen-bond donors (Lipinski definition) is 2. The number of benzene rings is 1. The van der Waals surface area contributed by atoms with Gasteiger partial charge in [-0.25, -0.2) is 13.1 Å². The van der Waals surface area contributed by atoms with Crippen LogP contribution in [0, 0.1) is 0 Å². The molecule has 0 amide bonds. The maximum atomic E-state index is 12.4. The van der Waals surface area contributed by atoms with Crippen molar-refractivity contribution in [3.63, 3.8) is 0 Å². The molecule has 0 aliphatic heterocycles. The highest BCUT2D eigenvalue weighted by Gasteiger charge is 2.26. The first kappa shape index (κ1) is 17.6. The Bertz CT molecular complexity index is 556. The molecule has 6 heteroatoms. The van der Waals surface area contributed by atoms with E-state index < -0.39 is 15.6 Å². The van der Waals surface area contributed by atoms with E-state index in [0.29, 0.717) is 4.47 Å². The highest BCUT2D eigenvalue weighted by Crippen LogP contribution is 2.25. The molecule has 0 fully saturated rings. The molecule has 114 valence electrons. The highest BCUT2D eigenvalue weighted by molar-refractivity contribution is 9.10. The average molecular weight is 363 g/mol. The predicted molar refractivity (Wildman–Crippen MR) is 86.2 cm³/mol. The van der Waals surface area contributed by atoms with Crippen LogP contribution in [0.1, 0.15) is 39.7 Å². The van der Waals surface area contributed by atoms with Crippen LogP contribution >= 0.6 is 15.9 Å². The monoisotopic (exact) mass is 362 g/mol. The van der Waals surface area contributed by atoms with E-state index >= 15 is 0 Å². The number of sulfonamides is 1. The van der Waals surface area contributed by atoms with Crippen molar-refractivity contribution in [3.8, 4) is 0 Å². The van der Waals surface area contributed by atoms with Crippen LogP contribution in [0.2, 0.25) is 0 Å². The molecule has 0 heterocycles. The second-order valence-electron chi connectivity index (χ2n) is 5.39. The van der Waals surface area contributed by atoms with Crippen LogP contribution in [-0.2, 0) is 16.6 Å². The molecule has 4 nitrogen and oxygen atoms in total. The molecule has 0 aromatic heterocycles. The van der Waals surface area contributed by atoms with Crippen molar-refractivity contribution in [3.05, 3.63) is 28.2 Å². The smallest absolute Gasteiger partial charge is 0.242 e. The Kier molecular flexibility index (Phi) is 6.19. The average Bonchev–Trinajstić information content (AvgIpc) is 2.34. The van der Waals surface area contributed by atoms with Crippen LogP contribution in [0.3, 0.4) is 0 Å². The van der Waals surface area contributed by atoms with E-state index in [-0.39, 0.29) is 4.90 Å². The van der Waals surface area contributed by atoms with Crippen molar-refractivity contribution in [2.75, 3.05) is 6.54 Å². The fourth-order valence-corrected chi connectivity index (χ4v) is 4.24. The third kappa shape index (κ3) is 4.84. The summed E-state index contributed by atoms with van der Waals surface area (Å²) in [6.45, 7) is 9.34. The third-order valence-corrected chi connectivity index (χ3v) is 5.83. The molecule has 0 atom stereocenters. The summed E-state index contributed by atoms with van der Waals surface area (Å²) in [6, 6.07) is 5.32. The second kappa shape index (κ2) is 7.02. The molecule has 0 spiro atoms. The predicted octanol–water partition coefficient (Wildman–Crippen LogP) is 3.03. The zero-order valence-corrected chi connectivity index (χ0v) is 14.9. The van der Waals surface area contributed by atoms with Crippen LogP contribution in [0.25, 0.3) is 0 Å². The summed E-state index contributed by atoms with van der Waals surface area (Å²) in [5, 5.41) is 3.21. The van der Waals surface area contributed by atoms with Gasteiger partial charge in [0.1, 0.15) is 0 Å². The van der Waals surface area contributed by atoms with E-state index in [1.54, 1.807) is 6.07 Å². The maximum Gasteiger partial charge on any atom is 0.242 e. The minimum Gasteiger partial charge on any atom is -0.313 e. The van der Waals surface area contributed by atoms with Crippen LogP contribution in [0.5, 0.6) is 0 Å². The summed E-state index contributed by atoms with van der Waals surface area (Å²) in [6.07, 6.45) is 0.725. The number of nitrogens with one attached hydrogen (secondary N) is 2. The summed E-state index contributed by atoms with van der Waals surface area (Å²) in [5.41, 5.74) is 0.591. The van der Waals surface area contributed by atoms with Crippen LogP contribution in [-0.4, -0.2) is 20.5 Å². The maximum absolute atomic E-state index is 12.4. The van der Waals surface area contributed by atoms with E-state index in [1.165, 1.54) is 0 Å². The highest BCUT2D eigenvalue weighted by atomic mass is 79.9. The molecule has 1 aromatic carbocycles. The van der Waals surface area contributed by atoms with E-state index in [4.69, 9.17) is 0 Å². The zero-order valence-electron chi connectivity index (χ0n) is 12.5. The summed E-state index contributed by atoms with van der Waals surface area (Å²) in [5.74, 6) is 0. The Hall–Kier alpha value is -0.430. The first-order valence-electron chi connectivity index (χ1n) is 6.75. The lowest BCUT2D eigenvalue weighted by Crippen LogP contribution is -2.42. The van der Waals surface area contributed by atoms with Gasteiger partial charge in [-0.1, -0.05) is 19.9 Å². The Morgan fingerprint density at radius 2 is 1.90 bits per heavy atom. The Morgan fingerprint density at radius 1 is 1.25 bits per heavy atom. The summed E-state index contributed by atoms with van der Waals surface area (Å²) >= 11 is 3.36. The quantitative estimate of drug-likeness (QED) is 0.783. The van der Waals surface area contributed by atoms with Gasteiger partial charge in [-0.2, -0.15) is 0 Å². The van der Waals surface area contributed by atoms with Crippen molar-refractivity contribution >= 4 is 26.0 Å². The minimum atomic E-state index is -3.52. The molecule has 0 unspecified atom stereocenters. The SMILES string of the molecule is CCNCc1ccc(S(=O)(=O)NC(C)(C)CC)c(Br)c1. The molecule has 0 aliphatic carbocycles.